The van der Waals surface area contributed by atoms with Gasteiger partial charge in [-0.05, 0) is 52.7 Å². The van der Waals surface area contributed by atoms with E-state index < -0.39 is 0 Å². The summed E-state index contributed by atoms with van der Waals surface area (Å²) in [5.41, 5.74) is 5.54. The second-order valence-electron chi connectivity index (χ2n) is 8.07. The van der Waals surface area contributed by atoms with Crippen molar-refractivity contribution in [1.82, 2.24) is 9.38 Å². The molecule has 0 spiro atoms. The molecule has 3 heterocycles. The number of hydrogen-bond acceptors (Lipinski definition) is 3. The van der Waals surface area contributed by atoms with Crippen LogP contribution in [0.15, 0.2) is 91.1 Å². The first-order chi connectivity index (χ1) is 15.8. The topological polar surface area (TPSA) is 26.5 Å². The van der Waals surface area contributed by atoms with E-state index in [1.807, 2.05) is 29.5 Å². The summed E-state index contributed by atoms with van der Waals surface area (Å²) in [5, 5.41) is 5.07. The lowest BCUT2D eigenvalue weighted by atomic mass is 9.99. The molecule has 0 unspecified atom stereocenters. The molecule has 0 aliphatic heterocycles. The van der Waals surface area contributed by atoms with Crippen LogP contribution in [0.25, 0.3) is 58.8 Å². The summed E-state index contributed by atoms with van der Waals surface area (Å²) < 4.78 is 10.1. The SMILES string of the molecule is COc1ccc(-c2cn3c4ccccc4nc3c3sc4cc5ccccc5cc4c23)cc1. The Morgan fingerprint density at radius 1 is 0.844 bits per heavy atom. The zero-order chi connectivity index (χ0) is 21.2. The van der Waals surface area contributed by atoms with Crippen molar-refractivity contribution in [1.29, 1.82) is 0 Å². The van der Waals surface area contributed by atoms with E-state index in [2.05, 4.69) is 77.3 Å². The van der Waals surface area contributed by atoms with Crippen molar-refractivity contribution in [3.63, 3.8) is 0 Å². The summed E-state index contributed by atoms with van der Waals surface area (Å²) in [6, 6.07) is 29.9. The van der Waals surface area contributed by atoms with Crippen LogP contribution in [-0.4, -0.2) is 16.5 Å². The lowest BCUT2D eigenvalue weighted by molar-refractivity contribution is 0.415. The molecule has 0 aliphatic carbocycles. The summed E-state index contributed by atoms with van der Waals surface area (Å²) in [4.78, 5) is 5.02. The molecule has 0 saturated carbocycles. The minimum absolute atomic E-state index is 0.861. The Morgan fingerprint density at radius 3 is 2.41 bits per heavy atom. The van der Waals surface area contributed by atoms with E-state index in [9.17, 15) is 0 Å². The first-order valence-corrected chi connectivity index (χ1v) is 11.4. The molecule has 3 nitrogen and oxygen atoms in total. The van der Waals surface area contributed by atoms with Gasteiger partial charge in [-0.2, -0.15) is 0 Å². The number of methoxy groups -OCH3 is 1. The number of ether oxygens (including phenoxy) is 1. The van der Waals surface area contributed by atoms with Gasteiger partial charge >= 0.3 is 0 Å². The Kier molecular flexibility index (Phi) is 3.64. The number of benzene rings is 4. The van der Waals surface area contributed by atoms with Gasteiger partial charge in [0.1, 0.15) is 5.75 Å². The molecule has 0 radical (unpaired) electrons. The van der Waals surface area contributed by atoms with Gasteiger partial charge < -0.3 is 4.74 Å². The highest BCUT2D eigenvalue weighted by Gasteiger charge is 2.18. The Bertz CT molecular complexity index is 1800. The highest BCUT2D eigenvalue weighted by atomic mass is 32.1. The lowest BCUT2D eigenvalue weighted by Gasteiger charge is -2.09. The van der Waals surface area contributed by atoms with Crippen LogP contribution in [0.5, 0.6) is 5.75 Å². The maximum Gasteiger partial charge on any atom is 0.156 e. The number of thiophene rings is 1. The van der Waals surface area contributed by atoms with Crippen molar-refractivity contribution in [3.05, 3.63) is 91.1 Å². The molecule has 0 N–H and O–H groups in total. The lowest BCUT2D eigenvalue weighted by Crippen LogP contribution is -1.90. The van der Waals surface area contributed by atoms with Gasteiger partial charge in [-0.25, -0.2) is 4.98 Å². The molecule has 0 atom stereocenters. The minimum atomic E-state index is 0.861. The van der Waals surface area contributed by atoms with Gasteiger partial charge in [-0.15, -0.1) is 11.3 Å². The quantitative estimate of drug-likeness (QED) is 0.281. The molecule has 152 valence electrons. The van der Waals surface area contributed by atoms with Crippen molar-refractivity contribution in [2.45, 2.75) is 0 Å². The van der Waals surface area contributed by atoms with Crippen molar-refractivity contribution in [2.75, 3.05) is 7.11 Å². The van der Waals surface area contributed by atoms with Gasteiger partial charge in [0.25, 0.3) is 0 Å². The van der Waals surface area contributed by atoms with E-state index in [4.69, 9.17) is 9.72 Å². The molecule has 0 amide bonds. The highest BCUT2D eigenvalue weighted by Crippen LogP contribution is 2.44. The number of fused-ring (bicyclic) bond motifs is 8. The average molecular weight is 431 g/mol. The Hall–Kier alpha value is -3.89. The average Bonchev–Trinajstić information content (AvgIpc) is 3.40. The Balaban J connectivity index is 1.69. The molecule has 4 heteroatoms. The van der Waals surface area contributed by atoms with Gasteiger partial charge in [-0.1, -0.05) is 48.5 Å². The van der Waals surface area contributed by atoms with Gasteiger partial charge in [0, 0.05) is 27.2 Å². The fourth-order valence-electron chi connectivity index (χ4n) is 4.73. The first-order valence-electron chi connectivity index (χ1n) is 10.6. The molecule has 0 saturated heterocycles. The predicted molar refractivity (Wildman–Crippen MR) is 135 cm³/mol. The van der Waals surface area contributed by atoms with Gasteiger partial charge in [0.05, 0.1) is 22.8 Å². The highest BCUT2D eigenvalue weighted by molar-refractivity contribution is 7.26. The van der Waals surface area contributed by atoms with Gasteiger partial charge in [0.15, 0.2) is 5.65 Å². The predicted octanol–water partition coefficient (Wildman–Crippen LogP) is 7.68. The molecule has 0 fully saturated rings. The third-order valence-electron chi connectivity index (χ3n) is 6.28. The molecule has 7 aromatic rings. The van der Waals surface area contributed by atoms with Crippen LogP contribution in [0.2, 0.25) is 0 Å². The van der Waals surface area contributed by atoms with Crippen molar-refractivity contribution < 1.29 is 4.74 Å². The standard InChI is InChI=1S/C28H18N2OS/c1-31-20-12-10-17(11-13-20)22-16-30-24-9-5-4-8-23(24)29-28(30)27-26(22)21-14-18-6-2-3-7-19(18)15-25(21)32-27/h2-16H,1H3. The van der Waals surface area contributed by atoms with Gasteiger partial charge in [0.2, 0.25) is 0 Å². The van der Waals surface area contributed by atoms with Gasteiger partial charge in [-0.3, -0.25) is 4.40 Å². The third-order valence-corrected chi connectivity index (χ3v) is 7.43. The fourth-order valence-corrected chi connectivity index (χ4v) is 5.96. The molecular weight excluding hydrogens is 412 g/mol. The van der Waals surface area contributed by atoms with Crippen molar-refractivity contribution >= 4 is 59.0 Å². The van der Waals surface area contributed by atoms with E-state index in [-0.39, 0.29) is 0 Å². The number of para-hydroxylation sites is 2. The molecule has 0 bridgehead atoms. The van der Waals surface area contributed by atoms with E-state index in [0.29, 0.717) is 0 Å². The van der Waals surface area contributed by atoms with E-state index in [1.165, 1.54) is 42.1 Å². The summed E-state index contributed by atoms with van der Waals surface area (Å²) in [6.07, 6.45) is 2.25. The number of nitrogens with zero attached hydrogens (tertiary/aromatic N) is 2. The maximum atomic E-state index is 5.40. The van der Waals surface area contributed by atoms with Crippen molar-refractivity contribution in [3.8, 4) is 16.9 Å². The number of hydrogen-bond donors (Lipinski definition) is 0. The number of imidazole rings is 1. The second-order valence-corrected chi connectivity index (χ2v) is 9.12. The summed E-state index contributed by atoms with van der Waals surface area (Å²) in [6.45, 7) is 0. The van der Waals surface area contributed by atoms with Crippen LogP contribution in [0.1, 0.15) is 0 Å². The fraction of sp³-hybridized carbons (Fsp3) is 0.0357. The molecule has 3 aromatic heterocycles. The smallest absolute Gasteiger partial charge is 0.156 e. The van der Waals surface area contributed by atoms with Crippen LogP contribution >= 0.6 is 11.3 Å². The second kappa shape index (κ2) is 6.55. The summed E-state index contributed by atoms with van der Waals surface area (Å²) in [5.74, 6) is 0.861. The zero-order valence-corrected chi connectivity index (χ0v) is 18.2. The van der Waals surface area contributed by atoms with E-state index in [1.54, 1.807) is 7.11 Å². The van der Waals surface area contributed by atoms with Crippen LogP contribution < -0.4 is 4.74 Å². The van der Waals surface area contributed by atoms with E-state index >= 15 is 0 Å². The third kappa shape index (κ3) is 2.44. The molecular formula is C28H18N2OS. The van der Waals surface area contributed by atoms with Crippen LogP contribution in [0.3, 0.4) is 0 Å². The molecule has 32 heavy (non-hydrogen) atoms. The minimum Gasteiger partial charge on any atom is -0.497 e. The maximum absolute atomic E-state index is 5.40. The molecule has 7 rings (SSSR count). The Labute approximate surface area is 188 Å². The van der Waals surface area contributed by atoms with E-state index in [0.717, 1.165) is 22.4 Å². The van der Waals surface area contributed by atoms with Crippen LogP contribution in [-0.2, 0) is 0 Å². The zero-order valence-electron chi connectivity index (χ0n) is 17.4. The van der Waals surface area contributed by atoms with Crippen LogP contribution in [0, 0.1) is 0 Å². The van der Waals surface area contributed by atoms with Crippen LogP contribution in [0.4, 0.5) is 0 Å². The number of rotatable bonds is 2. The monoisotopic (exact) mass is 430 g/mol. The largest absolute Gasteiger partial charge is 0.497 e. The molecule has 0 aliphatic rings. The first kappa shape index (κ1) is 17.8. The Morgan fingerprint density at radius 2 is 1.59 bits per heavy atom. The normalized spacial score (nSPS) is 11.9. The number of pyridine rings is 1. The van der Waals surface area contributed by atoms with Crippen molar-refractivity contribution in [2.24, 2.45) is 0 Å². The summed E-state index contributed by atoms with van der Waals surface area (Å²) in [7, 11) is 1.70. The molecule has 4 aromatic carbocycles. The number of aromatic nitrogens is 2. The summed E-state index contributed by atoms with van der Waals surface area (Å²) >= 11 is 1.83.